The third kappa shape index (κ3) is 5.81. The van der Waals surface area contributed by atoms with Gasteiger partial charge in [0, 0.05) is 5.69 Å². The Bertz CT molecular complexity index is 1430. The first kappa shape index (κ1) is 26.3. The van der Waals surface area contributed by atoms with Crippen LogP contribution in [0, 0.1) is 13.8 Å². The Kier molecular flexibility index (Phi) is 7.89. The topological polar surface area (TPSA) is 105 Å². The molecule has 0 radical (unpaired) electrons. The lowest BCUT2D eigenvalue weighted by Crippen LogP contribution is -2.54. The van der Waals surface area contributed by atoms with Crippen LogP contribution in [-0.4, -0.2) is 30.4 Å². The lowest BCUT2D eigenvalue weighted by Gasteiger charge is -2.26. The van der Waals surface area contributed by atoms with Crippen molar-refractivity contribution in [2.45, 2.75) is 13.8 Å². The highest BCUT2D eigenvalue weighted by atomic mass is 79.9. The van der Waals surface area contributed by atoms with Gasteiger partial charge in [0.05, 0.1) is 14.6 Å². The van der Waals surface area contributed by atoms with Crippen LogP contribution in [0.15, 0.2) is 75.2 Å². The van der Waals surface area contributed by atoms with E-state index in [-0.39, 0.29) is 18.1 Å². The van der Waals surface area contributed by atoms with Gasteiger partial charge in [0.15, 0.2) is 6.61 Å². The molecule has 188 valence electrons. The molecule has 0 unspecified atom stereocenters. The van der Waals surface area contributed by atoms with Gasteiger partial charge in [-0.15, -0.1) is 0 Å². The molecule has 8 nitrogen and oxygen atoms in total. The molecule has 0 aliphatic carbocycles. The molecule has 0 spiro atoms. The lowest BCUT2D eigenvalue weighted by atomic mass is 10.1. The van der Waals surface area contributed by atoms with Gasteiger partial charge in [-0.25, -0.2) is 9.69 Å². The third-order valence-electron chi connectivity index (χ3n) is 5.67. The lowest BCUT2D eigenvalue weighted by molar-refractivity contribution is -0.122. The molecule has 37 heavy (non-hydrogen) atoms. The quantitative estimate of drug-likeness (QED) is 0.277. The van der Waals surface area contributed by atoms with E-state index in [1.807, 2.05) is 32.0 Å². The van der Waals surface area contributed by atoms with Gasteiger partial charge in [0.1, 0.15) is 11.3 Å². The van der Waals surface area contributed by atoms with E-state index < -0.39 is 17.8 Å². The summed E-state index contributed by atoms with van der Waals surface area (Å²) in [7, 11) is 0. The summed E-state index contributed by atoms with van der Waals surface area (Å²) in [6, 6.07) is 16.4. The number of nitrogens with zero attached hydrogens (tertiary/aromatic N) is 1. The van der Waals surface area contributed by atoms with Gasteiger partial charge in [0.2, 0.25) is 0 Å². The summed E-state index contributed by atoms with van der Waals surface area (Å²) in [5.74, 6) is -1.49. The highest BCUT2D eigenvalue weighted by Gasteiger charge is 2.36. The van der Waals surface area contributed by atoms with E-state index in [2.05, 4.69) is 42.5 Å². The van der Waals surface area contributed by atoms with Crippen LogP contribution >= 0.6 is 31.9 Å². The highest BCUT2D eigenvalue weighted by Crippen LogP contribution is 2.36. The van der Waals surface area contributed by atoms with Gasteiger partial charge in [0.25, 0.3) is 17.7 Å². The Hall–Kier alpha value is -3.76. The molecule has 5 amide bonds. The van der Waals surface area contributed by atoms with Crippen molar-refractivity contribution >= 4 is 73.1 Å². The van der Waals surface area contributed by atoms with E-state index in [1.165, 1.54) is 6.08 Å². The number of benzene rings is 3. The molecule has 3 aromatic carbocycles. The highest BCUT2D eigenvalue weighted by molar-refractivity contribution is 9.11. The zero-order valence-corrected chi connectivity index (χ0v) is 23.0. The van der Waals surface area contributed by atoms with Gasteiger partial charge < -0.3 is 10.1 Å². The summed E-state index contributed by atoms with van der Waals surface area (Å²) in [6.45, 7) is 3.66. The van der Waals surface area contributed by atoms with Crippen LogP contribution in [0.2, 0.25) is 0 Å². The molecule has 0 saturated carbocycles. The van der Waals surface area contributed by atoms with E-state index in [0.717, 1.165) is 16.0 Å². The average molecular weight is 627 g/mol. The molecule has 0 aromatic heterocycles. The summed E-state index contributed by atoms with van der Waals surface area (Å²) in [5, 5.41) is 5.03. The Morgan fingerprint density at radius 2 is 1.68 bits per heavy atom. The van der Waals surface area contributed by atoms with Crippen molar-refractivity contribution in [1.29, 1.82) is 0 Å². The minimum absolute atomic E-state index is 0.205. The number of barbiturate groups is 1. The van der Waals surface area contributed by atoms with Gasteiger partial charge in [-0.3, -0.25) is 19.7 Å². The number of para-hydroxylation sites is 1. The summed E-state index contributed by atoms with van der Waals surface area (Å²) < 4.78 is 6.71. The van der Waals surface area contributed by atoms with Gasteiger partial charge in [-0.2, -0.15) is 0 Å². The van der Waals surface area contributed by atoms with E-state index in [4.69, 9.17) is 4.74 Å². The molecular formula is C27H21Br2N3O5. The Labute approximate surface area is 229 Å². The number of amides is 5. The van der Waals surface area contributed by atoms with Crippen molar-refractivity contribution in [3.8, 4) is 5.75 Å². The standard InChI is InChI=1S/C27H21Br2N3O5/c1-15-7-6-10-22(16(15)2)30-23(33)14-37-24-20(28)12-17(13-21(24)29)11-19-25(34)31-27(36)32(26(19)35)18-8-4-3-5-9-18/h3-13H,14H2,1-2H3,(H,30,33)(H,31,34,36)/b19-11-. The minimum Gasteiger partial charge on any atom is -0.481 e. The molecule has 1 saturated heterocycles. The number of hydrogen-bond donors (Lipinski definition) is 2. The van der Waals surface area contributed by atoms with Crippen molar-refractivity contribution in [2.24, 2.45) is 0 Å². The van der Waals surface area contributed by atoms with Crippen LogP contribution in [-0.2, 0) is 14.4 Å². The summed E-state index contributed by atoms with van der Waals surface area (Å²) >= 11 is 6.85. The minimum atomic E-state index is -0.816. The predicted octanol–water partition coefficient (Wildman–Crippen LogP) is 5.51. The molecule has 0 atom stereocenters. The average Bonchev–Trinajstić information content (AvgIpc) is 2.84. The Morgan fingerprint density at radius 1 is 1.00 bits per heavy atom. The Balaban J connectivity index is 1.52. The van der Waals surface area contributed by atoms with Gasteiger partial charge in [-0.1, -0.05) is 30.3 Å². The van der Waals surface area contributed by atoms with Crippen LogP contribution in [0.3, 0.4) is 0 Å². The maximum absolute atomic E-state index is 13.0. The molecule has 0 bridgehead atoms. The second-order valence-corrected chi connectivity index (χ2v) is 9.90. The van der Waals surface area contributed by atoms with E-state index in [9.17, 15) is 19.2 Å². The van der Waals surface area contributed by atoms with Crippen molar-refractivity contribution in [2.75, 3.05) is 16.8 Å². The number of carbonyl (C=O) groups is 4. The first-order valence-corrected chi connectivity index (χ1v) is 12.7. The fourth-order valence-electron chi connectivity index (χ4n) is 3.65. The normalized spacial score (nSPS) is 14.5. The molecule has 3 aromatic rings. The number of hydrogen-bond acceptors (Lipinski definition) is 5. The second-order valence-electron chi connectivity index (χ2n) is 8.19. The first-order valence-electron chi connectivity index (χ1n) is 11.1. The largest absolute Gasteiger partial charge is 0.481 e. The van der Waals surface area contributed by atoms with Crippen molar-refractivity contribution in [1.82, 2.24) is 5.32 Å². The molecular weight excluding hydrogens is 606 g/mol. The number of anilines is 2. The molecule has 4 rings (SSSR count). The molecule has 1 aliphatic rings. The van der Waals surface area contributed by atoms with E-state index in [1.54, 1.807) is 42.5 Å². The summed E-state index contributed by atoms with van der Waals surface area (Å²) in [4.78, 5) is 51.2. The number of halogens is 2. The van der Waals surface area contributed by atoms with Crippen LogP contribution < -0.4 is 20.3 Å². The number of nitrogens with one attached hydrogen (secondary N) is 2. The molecule has 2 N–H and O–H groups in total. The van der Waals surface area contributed by atoms with Crippen LogP contribution in [0.25, 0.3) is 6.08 Å². The molecule has 1 fully saturated rings. The van der Waals surface area contributed by atoms with Crippen LogP contribution in [0.5, 0.6) is 5.75 Å². The monoisotopic (exact) mass is 625 g/mol. The Morgan fingerprint density at radius 3 is 2.35 bits per heavy atom. The number of imide groups is 2. The third-order valence-corrected chi connectivity index (χ3v) is 6.85. The zero-order chi connectivity index (χ0) is 26.7. The first-order chi connectivity index (χ1) is 17.7. The number of carbonyl (C=O) groups excluding carboxylic acids is 4. The van der Waals surface area contributed by atoms with Crippen molar-refractivity contribution in [3.63, 3.8) is 0 Å². The number of rotatable bonds is 6. The number of ether oxygens (including phenoxy) is 1. The van der Waals surface area contributed by atoms with Crippen LogP contribution in [0.1, 0.15) is 16.7 Å². The predicted molar refractivity (Wildman–Crippen MR) is 147 cm³/mol. The summed E-state index contributed by atoms with van der Waals surface area (Å²) in [5.41, 5.74) is 3.39. The smallest absolute Gasteiger partial charge is 0.335 e. The van der Waals surface area contributed by atoms with Crippen molar-refractivity contribution in [3.05, 3.63) is 91.9 Å². The maximum atomic E-state index is 13.0. The maximum Gasteiger partial charge on any atom is 0.335 e. The molecule has 10 heteroatoms. The van der Waals surface area contributed by atoms with Crippen molar-refractivity contribution < 1.29 is 23.9 Å². The zero-order valence-electron chi connectivity index (χ0n) is 19.8. The van der Waals surface area contributed by atoms with E-state index >= 15 is 0 Å². The number of aryl methyl sites for hydroxylation is 1. The van der Waals surface area contributed by atoms with Gasteiger partial charge in [-0.05, 0) is 98.8 Å². The summed E-state index contributed by atoms with van der Waals surface area (Å²) in [6.07, 6.45) is 1.38. The fourth-order valence-corrected chi connectivity index (χ4v) is 5.10. The second kappa shape index (κ2) is 11.1. The fraction of sp³-hybridized carbons (Fsp3) is 0.111. The molecule has 1 heterocycles. The molecule has 1 aliphatic heterocycles. The SMILES string of the molecule is Cc1cccc(NC(=O)COc2c(Br)cc(/C=C3/C(=O)NC(=O)N(c4ccccc4)C3=O)cc2Br)c1C. The van der Waals surface area contributed by atoms with E-state index in [0.29, 0.717) is 31.6 Å². The van der Waals surface area contributed by atoms with Crippen LogP contribution in [0.4, 0.5) is 16.2 Å². The van der Waals surface area contributed by atoms with Gasteiger partial charge >= 0.3 is 6.03 Å². The number of urea groups is 1.